The van der Waals surface area contributed by atoms with Gasteiger partial charge in [0.05, 0.1) is 5.52 Å². The minimum Gasteiger partial charge on any atom is -0.253 e. The van der Waals surface area contributed by atoms with Gasteiger partial charge in [-0.2, -0.15) is 0 Å². The minimum absolute atomic E-state index is 1.12. The average molecular weight is 199 g/mol. The Bertz CT molecular complexity index is 460. The Balaban J connectivity index is 2.50. The first kappa shape index (κ1) is 10.2. The van der Waals surface area contributed by atoms with Gasteiger partial charge in [-0.3, -0.25) is 4.98 Å². The molecule has 1 aromatic carbocycles. The van der Waals surface area contributed by atoms with Crippen molar-refractivity contribution >= 4 is 10.9 Å². The third-order valence-electron chi connectivity index (χ3n) is 2.73. The van der Waals surface area contributed by atoms with Gasteiger partial charge >= 0.3 is 0 Å². The molecule has 0 bridgehead atoms. The van der Waals surface area contributed by atoms with E-state index in [0.717, 1.165) is 11.2 Å². The summed E-state index contributed by atoms with van der Waals surface area (Å²) in [4.78, 5) is 4.54. The summed E-state index contributed by atoms with van der Waals surface area (Å²) in [5.41, 5.74) is 3.70. The molecule has 0 aliphatic rings. The maximum atomic E-state index is 4.54. The monoisotopic (exact) mass is 199 g/mol. The molecular formula is C14H17N. The number of aryl methyl sites for hydroxylation is 2. The molecule has 0 saturated heterocycles. The van der Waals surface area contributed by atoms with Crippen LogP contribution >= 0.6 is 0 Å². The van der Waals surface area contributed by atoms with Crippen LogP contribution in [0.2, 0.25) is 0 Å². The fourth-order valence-corrected chi connectivity index (χ4v) is 1.97. The van der Waals surface area contributed by atoms with Crippen molar-refractivity contribution in [2.45, 2.75) is 33.1 Å². The van der Waals surface area contributed by atoms with Crippen LogP contribution in [0.1, 0.15) is 31.0 Å². The van der Waals surface area contributed by atoms with Crippen molar-refractivity contribution in [1.29, 1.82) is 0 Å². The summed E-state index contributed by atoms with van der Waals surface area (Å²) in [6, 6.07) is 10.6. The minimum atomic E-state index is 1.12. The van der Waals surface area contributed by atoms with E-state index in [4.69, 9.17) is 0 Å². The molecule has 0 amide bonds. The lowest BCUT2D eigenvalue weighted by molar-refractivity contribution is 0.797. The second-order valence-corrected chi connectivity index (χ2v) is 4.04. The third kappa shape index (κ3) is 2.17. The van der Waals surface area contributed by atoms with E-state index in [0.29, 0.717) is 0 Å². The van der Waals surface area contributed by atoms with Crippen molar-refractivity contribution in [2.75, 3.05) is 0 Å². The van der Waals surface area contributed by atoms with Gasteiger partial charge in [0.2, 0.25) is 0 Å². The van der Waals surface area contributed by atoms with Gasteiger partial charge < -0.3 is 0 Å². The first-order valence-electron chi connectivity index (χ1n) is 5.66. The summed E-state index contributed by atoms with van der Waals surface area (Å²) in [5, 5.41) is 1.32. The first-order valence-corrected chi connectivity index (χ1v) is 5.66. The Labute approximate surface area is 91.2 Å². The van der Waals surface area contributed by atoms with Crippen molar-refractivity contribution in [3.63, 3.8) is 0 Å². The average Bonchev–Trinajstić information content (AvgIpc) is 2.25. The molecule has 0 aliphatic heterocycles. The van der Waals surface area contributed by atoms with Crippen molar-refractivity contribution in [1.82, 2.24) is 4.98 Å². The molecule has 0 atom stereocenters. The summed E-state index contributed by atoms with van der Waals surface area (Å²) in [6.45, 7) is 4.30. The molecule has 1 heterocycles. The van der Waals surface area contributed by atoms with Crippen molar-refractivity contribution in [3.05, 3.63) is 41.6 Å². The second-order valence-electron chi connectivity index (χ2n) is 4.04. The number of pyridine rings is 1. The Morgan fingerprint density at radius 2 is 2.00 bits per heavy atom. The normalized spacial score (nSPS) is 10.8. The number of hydrogen-bond acceptors (Lipinski definition) is 1. The van der Waals surface area contributed by atoms with Crippen LogP contribution in [-0.2, 0) is 6.42 Å². The number of hydrogen-bond donors (Lipinski definition) is 0. The van der Waals surface area contributed by atoms with Crippen LogP contribution < -0.4 is 0 Å². The molecule has 0 unspecified atom stereocenters. The molecule has 78 valence electrons. The molecule has 1 aromatic heterocycles. The van der Waals surface area contributed by atoms with Crippen LogP contribution in [0.5, 0.6) is 0 Å². The zero-order valence-corrected chi connectivity index (χ0v) is 9.46. The number of unbranched alkanes of at least 4 members (excludes halogenated alkanes) is 1. The fraction of sp³-hybridized carbons (Fsp3) is 0.357. The molecule has 1 nitrogen and oxygen atoms in total. The largest absolute Gasteiger partial charge is 0.253 e. The standard InChI is InChI=1S/C14H17N/c1-3-4-7-12-10-11(2)15-14-9-6-5-8-13(12)14/h5-6,8-10H,3-4,7H2,1-2H3. The van der Waals surface area contributed by atoms with E-state index >= 15 is 0 Å². The van der Waals surface area contributed by atoms with Gasteiger partial charge in [0.25, 0.3) is 0 Å². The molecule has 0 saturated carbocycles. The highest BCUT2D eigenvalue weighted by atomic mass is 14.7. The van der Waals surface area contributed by atoms with Gasteiger partial charge in [0.1, 0.15) is 0 Å². The lowest BCUT2D eigenvalue weighted by atomic mass is 10.0. The third-order valence-corrected chi connectivity index (χ3v) is 2.73. The maximum absolute atomic E-state index is 4.54. The highest BCUT2D eigenvalue weighted by molar-refractivity contribution is 5.82. The van der Waals surface area contributed by atoms with Gasteiger partial charge in [-0.05, 0) is 37.5 Å². The summed E-state index contributed by atoms with van der Waals surface area (Å²) in [5.74, 6) is 0. The van der Waals surface area contributed by atoms with Crippen molar-refractivity contribution in [3.8, 4) is 0 Å². The summed E-state index contributed by atoms with van der Waals surface area (Å²) < 4.78 is 0. The number of fused-ring (bicyclic) bond motifs is 1. The number of nitrogens with zero attached hydrogens (tertiary/aromatic N) is 1. The lowest BCUT2D eigenvalue weighted by Gasteiger charge is -2.06. The van der Waals surface area contributed by atoms with Crippen LogP contribution in [0.4, 0.5) is 0 Å². The number of benzene rings is 1. The Kier molecular flexibility index (Phi) is 3.00. The quantitative estimate of drug-likeness (QED) is 0.731. The van der Waals surface area contributed by atoms with Crippen molar-refractivity contribution in [2.24, 2.45) is 0 Å². The van der Waals surface area contributed by atoms with Gasteiger partial charge in [-0.25, -0.2) is 0 Å². The summed E-state index contributed by atoms with van der Waals surface area (Å²) in [7, 11) is 0. The fourth-order valence-electron chi connectivity index (χ4n) is 1.97. The van der Waals surface area contributed by atoms with Gasteiger partial charge in [-0.1, -0.05) is 31.5 Å². The molecule has 15 heavy (non-hydrogen) atoms. The molecule has 0 fully saturated rings. The van der Waals surface area contributed by atoms with Crippen LogP contribution in [0.3, 0.4) is 0 Å². The number of para-hydroxylation sites is 1. The second kappa shape index (κ2) is 4.43. The molecule has 0 aliphatic carbocycles. The van der Waals surface area contributed by atoms with E-state index in [-0.39, 0.29) is 0 Å². The van der Waals surface area contributed by atoms with Crippen LogP contribution in [-0.4, -0.2) is 4.98 Å². The zero-order chi connectivity index (χ0) is 10.7. The Hall–Kier alpha value is -1.37. The molecule has 2 rings (SSSR count). The Morgan fingerprint density at radius 3 is 2.80 bits per heavy atom. The van der Waals surface area contributed by atoms with Crippen LogP contribution in [0.25, 0.3) is 10.9 Å². The van der Waals surface area contributed by atoms with Crippen LogP contribution in [0, 0.1) is 6.92 Å². The molecular weight excluding hydrogens is 182 g/mol. The lowest BCUT2D eigenvalue weighted by Crippen LogP contribution is -1.92. The number of rotatable bonds is 3. The molecule has 1 heteroatoms. The Morgan fingerprint density at radius 1 is 1.20 bits per heavy atom. The van der Waals surface area contributed by atoms with E-state index in [2.05, 4.69) is 49.2 Å². The summed E-state index contributed by atoms with van der Waals surface area (Å²) >= 11 is 0. The summed E-state index contributed by atoms with van der Waals surface area (Å²) in [6.07, 6.45) is 3.67. The zero-order valence-electron chi connectivity index (χ0n) is 9.46. The van der Waals surface area contributed by atoms with Crippen LogP contribution in [0.15, 0.2) is 30.3 Å². The molecule has 0 N–H and O–H groups in total. The SMILES string of the molecule is CCCCc1cc(C)nc2ccccc12. The highest BCUT2D eigenvalue weighted by Crippen LogP contribution is 2.19. The maximum Gasteiger partial charge on any atom is 0.0707 e. The van der Waals surface area contributed by atoms with Gasteiger partial charge in [0.15, 0.2) is 0 Å². The van der Waals surface area contributed by atoms with Gasteiger partial charge in [-0.15, -0.1) is 0 Å². The predicted molar refractivity (Wildman–Crippen MR) is 65.1 cm³/mol. The van der Waals surface area contributed by atoms with E-state index in [1.807, 2.05) is 0 Å². The molecule has 0 radical (unpaired) electrons. The first-order chi connectivity index (χ1) is 7.31. The van der Waals surface area contributed by atoms with E-state index < -0.39 is 0 Å². The predicted octanol–water partition coefficient (Wildman–Crippen LogP) is 3.89. The molecule has 0 spiro atoms. The number of aromatic nitrogens is 1. The van der Waals surface area contributed by atoms with Gasteiger partial charge in [0, 0.05) is 11.1 Å². The molecule has 2 aromatic rings. The van der Waals surface area contributed by atoms with E-state index in [9.17, 15) is 0 Å². The highest BCUT2D eigenvalue weighted by Gasteiger charge is 2.02. The smallest absolute Gasteiger partial charge is 0.0707 e. The van der Waals surface area contributed by atoms with E-state index in [1.54, 1.807) is 0 Å². The topological polar surface area (TPSA) is 12.9 Å². The van der Waals surface area contributed by atoms with Crippen molar-refractivity contribution < 1.29 is 0 Å². The van der Waals surface area contributed by atoms with E-state index in [1.165, 1.54) is 30.2 Å².